The van der Waals surface area contributed by atoms with Crippen molar-refractivity contribution in [3.8, 4) is 0 Å². The molecule has 0 unspecified atom stereocenters. The average molecular weight is 289 g/mol. The molecular formula is C12H10F3NO4. The zero-order valence-electron chi connectivity index (χ0n) is 10.2. The Balaban J connectivity index is 0.000000246. The van der Waals surface area contributed by atoms with Crippen LogP contribution in [0, 0.1) is 0 Å². The number of methoxy groups -OCH3 is 1. The number of carboxylic acid groups (broad SMARTS) is 1. The van der Waals surface area contributed by atoms with E-state index in [0.717, 1.165) is 10.9 Å². The molecule has 0 saturated carbocycles. The van der Waals surface area contributed by atoms with Crippen LogP contribution in [-0.4, -0.2) is 35.3 Å². The van der Waals surface area contributed by atoms with Gasteiger partial charge in [0, 0.05) is 10.9 Å². The number of carbonyl (C=O) groups excluding carboxylic acids is 1. The van der Waals surface area contributed by atoms with Gasteiger partial charge in [0.15, 0.2) is 0 Å². The van der Waals surface area contributed by atoms with E-state index in [0.29, 0.717) is 5.69 Å². The average Bonchev–Trinajstić information content (AvgIpc) is 2.81. The van der Waals surface area contributed by atoms with Crippen molar-refractivity contribution < 1.29 is 32.6 Å². The Labute approximate surface area is 111 Å². The van der Waals surface area contributed by atoms with Gasteiger partial charge in [0.05, 0.1) is 7.11 Å². The van der Waals surface area contributed by atoms with Crippen molar-refractivity contribution in [3.63, 3.8) is 0 Å². The van der Waals surface area contributed by atoms with Crippen LogP contribution in [0.4, 0.5) is 13.2 Å². The molecule has 0 fully saturated rings. The number of hydrogen-bond acceptors (Lipinski definition) is 3. The number of H-pyrrole nitrogens is 1. The molecule has 2 N–H and O–H groups in total. The third-order valence-corrected chi connectivity index (χ3v) is 2.18. The first-order valence-corrected chi connectivity index (χ1v) is 5.22. The fourth-order valence-corrected chi connectivity index (χ4v) is 1.29. The third kappa shape index (κ3) is 4.01. The van der Waals surface area contributed by atoms with Crippen molar-refractivity contribution in [2.75, 3.05) is 7.11 Å². The quantitative estimate of drug-likeness (QED) is 0.791. The van der Waals surface area contributed by atoms with E-state index in [2.05, 4.69) is 9.72 Å². The Morgan fingerprint density at radius 1 is 1.25 bits per heavy atom. The minimum atomic E-state index is -5.08. The van der Waals surface area contributed by atoms with E-state index < -0.39 is 12.1 Å². The van der Waals surface area contributed by atoms with E-state index >= 15 is 0 Å². The minimum absolute atomic E-state index is 0.337. The van der Waals surface area contributed by atoms with Crippen molar-refractivity contribution >= 4 is 22.8 Å². The number of hydrogen-bond donors (Lipinski definition) is 2. The van der Waals surface area contributed by atoms with Gasteiger partial charge < -0.3 is 14.8 Å². The van der Waals surface area contributed by atoms with Gasteiger partial charge in [0.2, 0.25) is 0 Å². The number of rotatable bonds is 1. The second kappa shape index (κ2) is 6.09. The molecule has 1 aromatic heterocycles. The normalized spacial score (nSPS) is 10.6. The fraction of sp³-hybridized carbons (Fsp3) is 0.167. The predicted octanol–water partition coefficient (Wildman–Crippen LogP) is 2.59. The second-order valence-electron chi connectivity index (χ2n) is 3.56. The number of benzene rings is 1. The van der Waals surface area contributed by atoms with Crippen molar-refractivity contribution in [2.24, 2.45) is 0 Å². The van der Waals surface area contributed by atoms with E-state index in [4.69, 9.17) is 9.90 Å². The van der Waals surface area contributed by atoms with Gasteiger partial charge in [0.25, 0.3) is 0 Å². The highest BCUT2D eigenvalue weighted by atomic mass is 19.4. The number of para-hydroxylation sites is 1. The lowest BCUT2D eigenvalue weighted by Crippen LogP contribution is -2.21. The first-order valence-electron chi connectivity index (χ1n) is 5.22. The summed E-state index contributed by atoms with van der Waals surface area (Å²) in [6, 6.07) is 9.48. The van der Waals surface area contributed by atoms with Crippen LogP contribution in [0.25, 0.3) is 10.9 Å². The summed E-state index contributed by atoms with van der Waals surface area (Å²) in [5.74, 6) is -3.09. The molecule has 0 atom stereocenters. The van der Waals surface area contributed by atoms with Crippen LogP contribution in [-0.2, 0) is 9.53 Å². The van der Waals surface area contributed by atoms with Crippen LogP contribution in [0.5, 0.6) is 0 Å². The molecule has 108 valence electrons. The molecule has 0 aliphatic heterocycles. The van der Waals surface area contributed by atoms with Gasteiger partial charge >= 0.3 is 18.1 Å². The summed E-state index contributed by atoms with van der Waals surface area (Å²) in [5, 5.41) is 8.14. The maximum Gasteiger partial charge on any atom is 0.490 e. The number of aromatic nitrogens is 1. The van der Waals surface area contributed by atoms with Crippen LogP contribution in [0.3, 0.4) is 0 Å². The number of halogens is 3. The number of carboxylic acids is 1. The van der Waals surface area contributed by atoms with Gasteiger partial charge in [0.1, 0.15) is 5.69 Å². The summed E-state index contributed by atoms with van der Waals surface area (Å²) >= 11 is 0. The number of aliphatic carboxylic acids is 1. The van der Waals surface area contributed by atoms with E-state index in [1.165, 1.54) is 7.11 Å². The molecular weight excluding hydrogens is 279 g/mol. The van der Waals surface area contributed by atoms with Crippen molar-refractivity contribution in [1.29, 1.82) is 0 Å². The number of aromatic amines is 1. The van der Waals surface area contributed by atoms with Crippen LogP contribution in [0.1, 0.15) is 10.5 Å². The lowest BCUT2D eigenvalue weighted by Gasteiger charge is -1.93. The topological polar surface area (TPSA) is 79.4 Å². The van der Waals surface area contributed by atoms with Crippen LogP contribution < -0.4 is 0 Å². The predicted molar refractivity (Wildman–Crippen MR) is 63.3 cm³/mol. The highest BCUT2D eigenvalue weighted by Gasteiger charge is 2.38. The molecule has 2 aromatic rings. The van der Waals surface area contributed by atoms with Crippen molar-refractivity contribution in [2.45, 2.75) is 6.18 Å². The van der Waals surface area contributed by atoms with E-state index in [1.54, 1.807) is 6.07 Å². The molecule has 5 nitrogen and oxygen atoms in total. The van der Waals surface area contributed by atoms with Crippen LogP contribution in [0.2, 0.25) is 0 Å². The Morgan fingerprint density at radius 2 is 1.80 bits per heavy atom. The first kappa shape index (κ1) is 15.5. The van der Waals surface area contributed by atoms with E-state index in [-0.39, 0.29) is 5.97 Å². The standard InChI is InChI=1S/C10H9NO2.C2HF3O2/c1-13-10(12)9-6-7-4-2-3-5-8(7)11-9;3-2(4,5)1(6)7/h2-6,11H,1H3;(H,6,7). The van der Waals surface area contributed by atoms with Gasteiger partial charge in [-0.05, 0) is 12.1 Å². The number of carbonyl (C=O) groups is 2. The monoisotopic (exact) mass is 289 g/mol. The minimum Gasteiger partial charge on any atom is -0.475 e. The highest BCUT2D eigenvalue weighted by molar-refractivity contribution is 5.94. The molecule has 0 amide bonds. The van der Waals surface area contributed by atoms with Gasteiger partial charge in [-0.25, -0.2) is 9.59 Å². The summed E-state index contributed by atoms with van der Waals surface area (Å²) < 4.78 is 36.3. The van der Waals surface area contributed by atoms with Gasteiger partial charge in [-0.3, -0.25) is 0 Å². The van der Waals surface area contributed by atoms with E-state index in [9.17, 15) is 18.0 Å². The van der Waals surface area contributed by atoms with Crippen LogP contribution >= 0.6 is 0 Å². The Morgan fingerprint density at radius 3 is 2.25 bits per heavy atom. The first-order chi connectivity index (χ1) is 9.25. The summed E-state index contributed by atoms with van der Waals surface area (Å²) in [6.07, 6.45) is -5.08. The SMILES string of the molecule is COC(=O)c1cc2ccccc2[nH]1.O=C(O)C(F)(F)F. The molecule has 0 saturated heterocycles. The zero-order chi connectivity index (χ0) is 15.3. The Hall–Kier alpha value is -2.51. The number of ether oxygens (including phenoxy) is 1. The smallest absolute Gasteiger partial charge is 0.475 e. The Kier molecular flexibility index (Phi) is 4.73. The molecule has 20 heavy (non-hydrogen) atoms. The molecule has 1 aromatic carbocycles. The number of nitrogens with one attached hydrogen (secondary N) is 1. The molecule has 0 bridgehead atoms. The lowest BCUT2D eigenvalue weighted by molar-refractivity contribution is -0.192. The highest BCUT2D eigenvalue weighted by Crippen LogP contribution is 2.15. The van der Waals surface area contributed by atoms with Crippen molar-refractivity contribution in [1.82, 2.24) is 4.98 Å². The van der Waals surface area contributed by atoms with Gasteiger partial charge in [-0.15, -0.1) is 0 Å². The maximum atomic E-state index is 11.1. The molecule has 0 spiro atoms. The number of fused-ring (bicyclic) bond motifs is 1. The lowest BCUT2D eigenvalue weighted by atomic mass is 10.2. The summed E-state index contributed by atoms with van der Waals surface area (Å²) in [6.45, 7) is 0. The maximum absolute atomic E-state index is 11.1. The largest absolute Gasteiger partial charge is 0.490 e. The Bertz CT molecular complexity index is 585. The molecule has 0 radical (unpaired) electrons. The van der Waals surface area contributed by atoms with Crippen LogP contribution in [0.15, 0.2) is 30.3 Å². The number of esters is 1. The zero-order valence-corrected chi connectivity index (χ0v) is 10.2. The fourth-order valence-electron chi connectivity index (χ4n) is 1.29. The van der Waals surface area contributed by atoms with Gasteiger partial charge in [-0.2, -0.15) is 13.2 Å². The second-order valence-corrected chi connectivity index (χ2v) is 3.56. The number of alkyl halides is 3. The third-order valence-electron chi connectivity index (χ3n) is 2.18. The van der Waals surface area contributed by atoms with Crippen molar-refractivity contribution in [3.05, 3.63) is 36.0 Å². The molecule has 0 aliphatic carbocycles. The van der Waals surface area contributed by atoms with E-state index in [1.807, 2.05) is 24.3 Å². The summed E-state index contributed by atoms with van der Waals surface area (Å²) in [5.41, 5.74) is 1.44. The molecule has 8 heteroatoms. The summed E-state index contributed by atoms with van der Waals surface area (Å²) in [4.78, 5) is 23.0. The van der Waals surface area contributed by atoms with Gasteiger partial charge in [-0.1, -0.05) is 18.2 Å². The molecule has 1 heterocycles. The molecule has 0 aliphatic rings. The summed E-state index contributed by atoms with van der Waals surface area (Å²) in [7, 11) is 1.37. The molecule has 2 rings (SSSR count).